The van der Waals surface area contributed by atoms with Gasteiger partial charge < -0.3 is 4.90 Å². The van der Waals surface area contributed by atoms with Crippen LogP contribution in [-0.4, -0.2) is 36.1 Å². The molecule has 0 atom stereocenters. The zero-order chi connectivity index (χ0) is 25.7. The summed E-state index contributed by atoms with van der Waals surface area (Å²) in [4.78, 5) is 16.7. The quantitative estimate of drug-likeness (QED) is 0.284. The van der Waals surface area contributed by atoms with Gasteiger partial charge in [-0.25, -0.2) is 12.8 Å². The second-order valence-electron chi connectivity index (χ2n) is 9.20. The minimum absolute atomic E-state index is 0.184. The van der Waals surface area contributed by atoms with Gasteiger partial charge in [-0.1, -0.05) is 47.3 Å². The summed E-state index contributed by atoms with van der Waals surface area (Å²) < 4.78 is 43.2. The summed E-state index contributed by atoms with van der Waals surface area (Å²) in [6.07, 6.45) is 4.44. The summed E-state index contributed by atoms with van der Waals surface area (Å²) in [5.41, 5.74) is 1.88. The molecule has 36 heavy (non-hydrogen) atoms. The van der Waals surface area contributed by atoms with E-state index in [1.807, 2.05) is 18.4 Å². The van der Waals surface area contributed by atoms with Crippen molar-refractivity contribution in [1.82, 2.24) is 9.21 Å². The Morgan fingerprint density at radius 2 is 1.67 bits per heavy atom. The van der Waals surface area contributed by atoms with Crippen LogP contribution < -0.4 is 0 Å². The molecular formula is C27H30BrFN2O3S2. The summed E-state index contributed by atoms with van der Waals surface area (Å²) in [5.74, 6) is -0.604. The fraction of sp³-hybridized carbons (Fsp3) is 0.370. The molecule has 0 aliphatic heterocycles. The largest absolute Gasteiger partial charge is 0.332 e. The first-order chi connectivity index (χ1) is 17.2. The predicted molar refractivity (Wildman–Crippen MR) is 145 cm³/mol. The van der Waals surface area contributed by atoms with Crippen molar-refractivity contribution >= 4 is 43.2 Å². The monoisotopic (exact) mass is 592 g/mol. The lowest BCUT2D eigenvalue weighted by molar-refractivity contribution is -0.133. The summed E-state index contributed by atoms with van der Waals surface area (Å²) >= 11 is 4.93. The Labute approximate surface area is 225 Å². The molecule has 1 aliphatic carbocycles. The van der Waals surface area contributed by atoms with Crippen LogP contribution in [0, 0.1) is 12.7 Å². The third kappa shape index (κ3) is 6.62. The maximum absolute atomic E-state index is 13.8. The Kier molecular flexibility index (Phi) is 8.98. The summed E-state index contributed by atoms with van der Waals surface area (Å²) in [7, 11) is -3.88. The van der Waals surface area contributed by atoms with Gasteiger partial charge in [0.25, 0.3) is 0 Å². The van der Waals surface area contributed by atoms with Crippen LogP contribution in [-0.2, 0) is 27.9 Å². The number of benzene rings is 2. The van der Waals surface area contributed by atoms with E-state index in [0.717, 1.165) is 52.6 Å². The number of rotatable bonds is 9. The van der Waals surface area contributed by atoms with Crippen LogP contribution in [0.5, 0.6) is 0 Å². The number of hydrogen-bond acceptors (Lipinski definition) is 4. The van der Waals surface area contributed by atoms with Crippen molar-refractivity contribution in [1.29, 1.82) is 0 Å². The van der Waals surface area contributed by atoms with Crippen molar-refractivity contribution < 1.29 is 17.6 Å². The number of thiophene rings is 1. The number of halogens is 2. The molecule has 3 aromatic rings. The number of amides is 1. The van der Waals surface area contributed by atoms with Gasteiger partial charge in [-0.05, 0) is 78.7 Å². The molecule has 2 aromatic carbocycles. The van der Waals surface area contributed by atoms with Gasteiger partial charge in [0.15, 0.2) is 0 Å². The van der Waals surface area contributed by atoms with E-state index >= 15 is 0 Å². The molecule has 0 spiro atoms. The average Bonchev–Trinajstić information content (AvgIpc) is 3.28. The molecule has 192 valence electrons. The molecule has 5 nitrogen and oxygen atoms in total. The topological polar surface area (TPSA) is 57.7 Å². The molecule has 1 fully saturated rings. The molecule has 1 aliphatic rings. The number of aryl methyl sites for hydroxylation is 1. The van der Waals surface area contributed by atoms with Crippen LogP contribution in [0.3, 0.4) is 0 Å². The standard InChI is InChI=1S/C27H30BrFN2O3S2/c1-20-15-16-35-26(20)18-30(17-21-7-11-23(29)12-8-21)27(32)19-31(24-5-3-2-4-6-24)36(33,34)25-13-9-22(28)10-14-25/h7-16,24H,2-6,17-19H2,1H3. The highest BCUT2D eigenvalue weighted by atomic mass is 79.9. The average molecular weight is 594 g/mol. The van der Waals surface area contributed by atoms with E-state index in [-0.39, 0.29) is 35.8 Å². The number of carbonyl (C=O) groups excluding carboxylic acids is 1. The third-order valence-corrected chi connectivity index (χ3v) is 10.1. The van der Waals surface area contributed by atoms with Crippen molar-refractivity contribution in [2.45, 2.75) is 63.1 Å². The van der Waals surface area contributed by atoms with Crippen LogP contribution in [0.4, 0.5) is 4.39 Å². The second kappa shape index (κ2) is 12.0. The Balaban J connectivity index is 1.64. The van der Waals surface area contributed by atoms with E-state index in [9.17, 15) is 17.6 Å². The van der Waals surface area contributed by atoms with Gasteiger partial charge in [-0.3, -0.25) is 4.79 Å². The fourth-order valence-electron chi connectivity index (χ4n) is 4.54. The van der Waals surface area contributed by atoms with Crippen molar-refractivity contribution in [3.8, 4) is 0 Å². The predicted octanol–water partition coefficient (Wildman–Crippen LogP) is 6.51. The lowest BCUT2D eigenvalue weighted by atomic mass is 9.95. The molecule has 1 heterocycles. The molecule has 0 saturated heterocycles. The minimum atomic E-state index is -3.88. The van der Waals surface area contributed by atoms with Crippen molar-refractivity contribution in [2.24, 2.45) is 0 Å². The van der Waals surface area contributed by atoms with Gasteiger partial charge in [-0.15, -0.1) is 11.3 Å². The van der Waals surface area contributed by atoms with Gasteiger partial charge in [-0.2, -0.15) is 4.31 Å². The first kappa shape index (κ1) is 27.0. The van der Waals surface area contributed by atoms with E-state index in [1.165, 1.54) is 16.4 Å². The summed E-state index contributed by atoms with van der Waals surface area (Å²) in [6.45, 7) is 2.41. The van der Waals surface area contributed by atoms with E-state index in [0.29, 0.717) is 6.54 Å². The van der Waals surface area contributed by atoms with E-state index in [4.69, 9.17) is 0 Å². The van der Waals surface area contributed by atoms with E-state index < -0.39 is 10.0 Å². The molecular weight excluding hydrogens is 563 g/mol. The van der Waals surface area contributed by atoms with Crippen LogP contribution in [0.15, 0.2) is 69.3 Å². The van der Waals surface area contributed by atoms with E-state index in [1.54, 1.807) is 52.6 Å². The normalized spacial score (nSPS) is 14.8. The van der Waals surface area contributed by atoms with Crippen molar-refractivity contribution in [2.75, 3.05) is 6.54 Å². The highest BCUT2D eigenvalue weighted by Crippen LogP contribution is 2.29. The molecule has 1 saturated carbocycles. The highest BCUT2D eigenvalue weighted by molar-refractivity contribution is 9.10. The van der Waals surface area contributed by atoms with Crippen molar-refractivity contribution in [3.63, 3.8) is 0 Å². The number of carbonyl (C=O) groups is 1. The molecule has 1 amide bonds. The van der Waals surface area contributed by atoms with Crippen LogP contribution in [0.25, 0.3) is 0 Å². The number of sulfonamides is 1. The summed E-state index contributed by atoms with van der Waals surface area (Å²) in [5, 5.41) is 1.98. The molecule has 4 rings (SSSR count). The van der Waals surface area contributed by atoms with Crippen LogP contribution in [0.2, 0.25) is 0 Å². The van der Waals surface area contributed by atoms with Gasteiger partial charge in [0.2, 0.25) is 15.9 Å². The highest BCUT2D eigenvalue weighted by Gasteiger charge is 2.35. The Morgan fingerprint density at radius 3 is 2.28 bits per heavy atom. The SMILES string of the molecule is Cc1ccsc1CN(Cc1ccc(F)cc1)C(=O)CN(C1CCCCC1)S(=O)(=O)c1ccc(Br)cc1. The van der Waals surface area contributed by atoms with Crippen molar-refractivity contribution in [3.05, 3.63) is 86.3 Å². The third-order valence-electron chi connectivity index (χ3n) is 6.64. The molecule has 0 radical (unpaired) electrons. The second-order valence-corrected chi connectivity index (χ2v) is 13.0. The molecule has 0 unspecified atom stereocenters. The Bertz CT molecular complexity index is 1270. The fourth-order valence-corrected chi connectivity index (χ4v) is 7.36. The molecule has 9 heteroatoms. The van der Waals surface area contributed by atoms with Crippen LogP contribution >= 0.6 is 27.3 Å². The lowest BCUT2D eigenvalue weighted by Gasteiger charge is -2.34. The van der Waals surface area contributed by atoms with Gasteiger partial charge in [0.05, 0.1) is 18.0 Å². The lowest BCUT2D eigenvalue weighted by Crippen LogP contribution is -2.47. The maximum Gasteiger partial charge on any atom is 0.243 e. The van der Waals surface area contributed by atoms with Gasteiger partial charge in [0.1, 0.15) is 5.82 Å². The van der Waals surface area contributed by atoms with Gasteiger partial charge in [0, 0.05) is 21.9 Å². The van der Waals surface area contributed by atoms with Gasteiger partial charge >= 0.3 is 0 Å². The first-order valence-corrected chi connectivity index (χ1v) is 15.2. The Morgan fingerprint density at radius 1 is 1.00 bits per heavy atom. The molecule has 1 aromatic heterocycles. The Hall–Kier alpha value is -2.07. The minimum Gasteiger partial charge on any atom is -0.332 e. The smallest absolute Gasteiger partial charge is 0.243 e. The van der Waals surface area contributed by atoms with E-state index in [2.05, 4.69) is 15.9 Å². The zero-order valence-corrected chi connectivity index (χ0v) is 23.4. The van der Waals surface area contributed by atoms with Crippen LogP contribution in [0.1, 0.15) is 48.1 Å². The number of hydrogen-bond donors (Lipinski definition) is 0. The maximum atomic E-state index is 13.8. The summed E-state index contributed by atoms with van der Waals surface area (Å²) in [6, 6.07) is 14.4. The molecule has 0 bridgehead atoms. The zero-order valence-electron chi connectivity index (χ0n) is 20.2. The first-order valence-electron chi connectivity index (χ1n) is 12.1. The number of nitrogens with zero attached hydrogens (tertiary/aromatic N) is 2. The molecule has 0 N–H and O–H groups in total.